The second kappa shape index (κ2) is 12.1. The van der Waals surface area contributed by atoms with Gasteiger partial charge in [0.2, 0.25) is 5.91 Å². The Labute approximate surface area is 186 Å². The summed E-state index contributed by atoms with van der Waals surface area (Å²) in [5.74, 6) is 0.968. The van der Waals surface area contributed by atoms with Crippen molar-refractivity contribution in [3.63, 3.8) is 0 Å². The number of hydrogen-bond donors (Lipinski definition) is 4. The Hall–Kier alpha value is -2.12. The number of nitrogens with zero attached hydrogens (tertiary/aromatic N) is 1. The normalized spacial score (nSPS) is 23.6. The molecular formula is C24H38N4O3. The van der Waals surface area contributed by atoms with E-state index in [0.29, 0.717) is 12.0 Å². The number of benzene rings is 1. The summed E-state index contributed by atoms with van der Waals surface area (Å²) in [5, 5.41) is 20.2. The molecule has 2 aliphatic rings. The van der Waals surface area contributed by atoms with Crippen LogP contribution in [0.2, 0.25) is 0 Å². The van der Waals surface area contributed by atoms with Crippen LogP contribution in [-0.4, -0.2) is 54.9 Å². The van der Waals surface area contributed by atoms with E-state index in [0.717, 1.165) is 50.6 Å². The Bertz CT molecular complexity index is 708. The zero-order valence-electron chi connectivity index (χ0n) is 18.8. The van der Waals surface area contributed by atoms with Crippen LogP contribution in [0.25, 0.3) is 0 Å². The van der Waals surface area contributed by atoms with E-state index in [1.807, 2.05) is 44.2 Å². The Morgan fingerprint density at radius 1 is 1.16 bits per heavy atom. The van der Waals surface area contributed by atoms with Crippen molar-refractivity contribution in [3.8, 4) is 0 Å². The van der Waals surface area contributed by atoms with Crippen LogP contribution in [0.3, 0.4) is 0 Å². The summed E-state index contributed by atoms with van der Waals surface area (Å²) in [6.07, 6.45) is 5.33. The first-order valence-electron chi connectivity index (χ1n) is 11.7. The number of guanidine groups is 1. The minimum absolute atomic E-state index is 0.0767. The predicted molar refractivity (Wildman–Crippen MR) is 123 cm³/mol. The van der Waals surface area contributed by atoms with E-state index < -0.39 is 6.10 Å². The molecule has 0 aliphatic heterocycles. The number of aliphatic hydroxyl groups is 1. The SMILES string of the molecule is CCNC(=NCC(O)COC(C)c1ccccc1)NC1CCCC(C(=O)NC2CC2)C1. The third-order valence-corrected chi connectivity index (χ3v) is 5.92. The van der Waals surface area contributed by atoms with Crippen LogP contribution in [0.15, 0.2) is 35.3 Å². The first kappa shape index (κ1) is 23.5. The summed E-state index contributed by atoms with van der Waals surface area (Å²) in [6, 6.07) is 10.6. The van der Waals surface area contributed by atoms with Gasteiger partial charge in [0.1, 0.15) is 0 Å². The summed E-state index contributed by atoms with van der Waals surface area (Å²) < 4.78 is 5.80. The highest BCUT2D eigenvalue weighted by atomic mass is 16.5. The van der Waals surface area contributed by atoms with Crippen molar-refractivity contribution in [3.05, 3.63) is 35.9 Å². The van der Waals surface area contributed by atoms with Crippen LogP contribution in [0, 0.1) is 5.92 Å². The minimum atomic E-state index is -0.676. The molecule has 0 spiro atoms. The molecule has 1 aromatic carbocycles. The van der Waals surface area contributed by atoms with Gasteiger partial charge in [0.25, 0.3) is 0 Å². The molecule has 4 unspecified atom stereocenters. The van der Waals surface area contributed by atoms with Crippen molar-refractivity contribution in [2.45, 2.75) is 76.7 Å². The number of ether oxygens (including phenoxy) is 1. The highest BCUT2D eigenvalue weighted by Gasteiger charge is 2.31. The molecule has 1 amide bonds. The molecule has 2 fully saturated rings. The molecule has 4 atom stereocenters. The lowest BCUT2D eigenvalue weighted by atomic mass is 9.85. The highest BCUT2D eigenvalue weighted by Crippen LogP contribution is 2.26. The fraction of sp³-hybridized carbons (Fsp3) is 0.667. The summed E-state index contributed by atoms with van der Waals surface area (Å²) in [5.41, 5.74) is 1.09. The number of aliphatic hydroxyl groups excluding tert-OH is 1. The average molecular weight is 431 g/mol. The van der Waals surface area contributed by atoms with E-state index in [9.17, 15) is 9.90 Å². The Kier molecular flexibility index (Phi) is 9.15. The summed E-state index contributed by atoms with van der Waals surface area (Å²) >= 11 is 0. The zero-order chi connectivity index (χ0) is 22.1. The van der Waals surface area contributed by atoms with Crippen molar-refractivity contribution in [2.75, 3.05) is 19.7 Å². The zero-order valence-corrected chi connectivity index (χ0v) is 18.8. The smallest absolute Gasteiger partial charge is 0.223 e. The number of hydrogen-bond acceptors (Lipinski definition) is 4. The predicted octanol–water partition coefficient (Wildman–Crippen LogP) is 2.52. The lowest BCUT2D eigenvalue weighted by molar-refractivity contribution is -0.126. The molecule has 0 heterocycles. The fourth-order valence-corrected chi connectivity index (χ4v) is 3.94. The van der Waals surface area contributed by atoms with E-state index >= 15 is 0 Å². The van der Waals surface area contributed by atoms with E-state index in [1.54, 1.807) is 0 Å². The number of carbonyl (C=O) groups excluding carboxylic acids is 1. The van der Waals surface area contributed by atoms with Gasteiger partial charge in [-0.25, -0.2) is 0 Å². The van der Waals surface area contributed by atoms with Gasteiger partial charge in [-0.3, -0.25) is 9.79 Å². The molecular weight excluding hydrogens is 392 g/mol. The van der Waals surface area contributed by atoms with Gasteiger partial charge in [0.05, 0.1) is 25.4 Å². The molecule has 3 rings (SSSR count). The van der Waals surface area contributed by atoms with Crippen LogP contribution in [-0.2, 0) is 9.53 Å². The maximum Gasteiger partial charge on any atom is 0.223 e. The van der Waals surface area contributed by atoms with E-state index in [2.05, 4.69) is 20.9 Å². The molecule has 0 saturated heterocycles. The second-order valence-electron chi connectivity index (χ2n) is 8.75. The number of nitrogens with one attached hydrogen (secondary N) is 3. The lowest BCUT2D eigenvalue weighted by Gasteiger charge is -2.30. The van der Waals surface area contributed by atoms with Gasteiger partial charge in [-0.05, 0) is 51.5 Å². The van der Waals surface area contributed by atoms with Crippen molar-refractivity contribution in [2.24, 2.45) is 10.9 Å². The van der Waals surface area contributed by atoms with Crippen LogP contribution >= 0.6 is 0 Å². The Balaban J connectivity index is 1.44. The van der Waals surface area contributed by atoms with Crippen LogP contribution in [0.1, 0.15) is 64.0 Å². The molecule has 2 saturated carbocycles. The van der Waals surface area contributed by atoms with Gasteiger partial charge in [0, 0.05) is 24.5 Å². The van der Waals surface area contributed by atoms with Gasteiger partial charge >= 0.3 is 0 Å². The number of aliphatic imine (C=N–C) groups is 1. The maximum absolute atomic E-state index is 12.4. The first-order valence-corrected chi connectivity index (χ1v) is 11.7. The van der Waals surface area contributed by atoms with Gasteiger partial charge in [-0.2, -0.15) is 0 Å². The number of amides is 1. The molecule has 7 heteroatoms. The summed E-state index contributed by atoms with van der Waals surface area (Å²) in [6.45, 7) is 5.23. The third kappa shape index (κ3) is 8.15. The molecule has 0 aromatic heterocycles. The van der Waals surface area contributed by atoms with Crippen molar-refractivity contribution in [1.82, 2.24) is 16.0 Å². The lowest BCUT2D eigenvalue weighted by Crippen LogP contribution is -2.47. The summed E-state index contributed by atoms with van der Waals surface area (Å²) in [4.78, 5) is 17.0. The molecule has 0 radical (unpaired) electrons. The molecule has 2 aliphatic carbocycles. The Morgan fingerprint density at radius 2 is 1.94 bits per heavy atom. The van der Waals surface area contributed by atoms with Crippen molar-refractivity contribution < 1.29 is 14.6 Å². The fourth-order valence-electron chi connectivity index (χ4n) is 3.94. The largest absolute Gasteiger partial charge is 0.389 e. The van der Waals surface area contributed by atoms with Gasteiger partial charge in [0.15, 0.2) is 5.96 Å². The molecule has 0 bridgehead atoms. The topological polar surface area (TPSA) is 95.0 Å². The Morgan fingerprint density at radius 3 is 2.65 bits per heavy atom. The maximum atomic E-state index is 12.4. The number of rotatable bonds is 10. The van der Waals surface area contributed by atoms with Crippen LogP contribution in [0.5, 0.6) is 0 Å². The van der Waals surface area contributed by atoms with Gasteiger partial charge < -0.3 is 25.8 Å². The third-order valence-electron chi connectivity index (χ3n) is 5.92. The molecule has 4 N–H and O–H groups in total. The van der Waals surface area contributed by atoms with E-state index in [-0.39, 0.29) is 37.1 Å². The van der Waals surface area contributed by atoms with Crippen molar-refractivity contribution in [1.29, 1.82) is 0 Å². The van der Waals surface area contributed by atoms with Gasteiger partial charge in [-0.15, -0.1) is 0 Å². The van der Waals surface area contributed by atoms with Gasteiger partial charge in [-0.1, -0.05) is 36.8 Å². The quantitative estimate of drug-likeness (QED) is 0.338. The average Bonchev–Trinajstić information content (AvgIpc) is 3.60. The highest BCUT2D eigenvalue weighted by molar-refractivity contribution is 5.81. The molecule has 172 valence electrons. The van der Waals surface area contributed by atoms with Crippen molar-refractivity contribution >= 4 is 11.9 Å². The standard InChI is InChI=1S/C24H38N4O3/c1-3-25-24(26-15-22(29)16-31-17(2)18-8-5-4-6-9-18)28-21-11-7-10-19(14-21)23(30)27-20-12-13-20/h4-6,8-9,17,19-22,29H,3,7,10-16H2,1-2H3,(H,27,30)(H2,25,26,28). The van der Waals surface area contributed by atoms with E-state index in [4.69, 9.17) is 4.74 Å². The number of carbonyl (C=O) groups is 1. The van der Waals surface area contributed by atoms with E-state index in [1.165, 1.54) is 0 Å². The van der Waals surface area contributed by atoms with Crippen LogP contribution in [0.4, 0.5) is 0 Å². The molecule has 7 nitrogen and oxygen atoms in total. The second-order valence-corrected chi connectivity index (χ2v) is 8.75. The first-order chi connectivity index (χ1) is 15.0. The monoisotopic (exact) mass is 430 g/mol. The summed E-state index contributed by atoms with van der Waals surface area (Å²) in [7, 11) is 0. The minimum Gasteiger partial charge on any atom is -0.389 e. The molecule has 31 heavy (non-hydrogen) atoms. The van der Waals surface area contributed by atoms with Crippen LogP contribution < -0.4 is 16.0 Å². The molecule has 1 aromatic rings.